The molecule has 84 valence electrons. The summed E-state index contributed by atoms with van der Waals surface area (Å²) >= 11 is 0. The van der Waals surface area contributed by atoms with Crippen molar-refractivity contribution in [2.24, 2.45) is 0 Å². The Bertz CT molecular complexity index is 344. The lowest BCUT2D eigenvalue weighted by Gasteiger charge is -2.18. The van der Waals surface area contributed by atoms with Gasteiger partial charge in [-0.25, -0.2) is 0 Å². The van der Waals surface area contributed by atoms with Gasteiger partial charge in [-0.2, -0.15) is 13.2 Å². The first-order chi connectivity index (χ1) is 6.86. The highest BCUT2D eigenvalue weighted by molar-refractivity contribution is 5.35. The van der Waals surface area contributed by atoms with E-state index in [9.17, 15) is 13.2 Å². The molecule has 0 fully saturated rings. The van der Waals surface area contributed by atoms with Gasteiger partial charge in [-0.3, -0.25) is 0 Å². The van der Waals surface area contributed by atoms with Crippen LogP contribution in [-0.4, -0.2) is 7.05 Å². The fraction of sp³-hybridized carbons (Fsp3) is 0.455. The Morgan fingerprint density at radius 2 is 1.87 bits per heavy atom. The highest BCUT2D eigenvalue weighted by Crippen LogP contribution is 2.34. The van der Waals surface area contributed by atoms with E-state index in [0.717, 1.165) is 0 Å². The molecule has 1 atom stereocenters. The SMILES string of the molecule is CNC(C)c1ccc(C)cc1C(F)(F)F. The van der Waals surface area contributed by atoms with Crippen LogP contribution < -0.4 is 5.32 Å². The summed E-state index contributed by atoms with van der Waals surface area (Å²) in [4.78, 5) is 0. The van der Waals surface area contributed by atoms with Crippen molar-refractivity contribution in [3.63, 3.8) is 0 Å². The van der Waals surface area contributed by atoms with Crippen molar-refractivity contribution < 1.29 is 13.2 Å². The number of benzene rings is 1. The van der Waals surface area contributed by atoms with E-state index in [-0.39, 0.29) is 11.6 Å². The molecular weight excluding hydrogens is 203 g/mol. The first-order valence-corrected chi connectivity index (χ1v) is 4.71. The summed E-state index contributed by atoms with van der Waals surface area (Å²) in [6, 6.07) is 4.10. The molecule has 0 heterocycles. The molecule has 0 aliphatic carbocycles. The summed E-state index contributed by atoms with van der Waals surface area (Å²) in [5, 5.41) is 2.81. The second-order valence-corrected chi connectivity index (χ2v) is 3.60. The molecule has 1 nitrogen and oxygen atoms in total. The lowest BCUT2D eigenvalue weighted by molar-refractivity contribution is -0.138. The van der Waals surface area contributed by atoms with E-state index in [0.29, 0.717) is 5.56 Å². The van der Waals surface area contributed by atoms with Gasteiger partial charge in [-0.15, -0.1) is 0 Å². The Labute approximate surface area is 87.3 Å². The van der Waals surface area contributed by atoms with E-state index >= 15 is 0 Å². The highest BCUT2D eigenvalue weighted by atomic mass is 19.4. The zero-order chi connectivity index (χ0) is 11.6. The van der Waals surface area contributed by atoms with Gasteiger partial charge in [0.2, 0.25) is 0 Å². The summed E-state index contributed by atoms with van der Waals surface area (Å²) in [6.45, 7) is 3.36. The average Bonchev–Trinajstić information content (AvgIpc) is 2.15. The van der Waals surface area contributed by atoms with E-state index in [1.54, 1.807) is 27.0 Å². The molecular formula is C11H14F3N. The van der Waals surface area contributed by atoms with Gasteiger partial charge in [-0.05, 0) is 32.5 Å². The third kappa shape index (κ3) is 2.72. The van der Waals surface area contributed by atoms with Crippen LogP contribution in [0.5, 0.6) is 0 Å². The Morgan fingerprint density at radius 3 is 2.33 bits per heavy atom. The molecule has 15 heavy (non-hydrogen) atoms. The van der Waals surface area contributed by atoms with Gasteiger partial charge in [0.05, 0.1) is 5.56 Å². The molecule has 1 unspecified atom stereocenters. The van der Waals surface area contributed by atoms with E-state index in [1.807, 2.05) is 0 Å². The molecule has 1 aromatic rings. The van der Waals surface area contributed by atoms with Gasteiger partial charge in [0, 0.05) is 6.04 Å². The number of hydrogen-bond acceptors (Lipinski definition) is 1. The van der Waals surface area contributed by atoms with Crippen LogP contribution in [0.25, 0.3) is 0 Å². The summed E-state index contributed by atoms with van der Waals surface area (Å²) < 4.78 is 38.1. The predicted octanol–water partition coefficient (Wildman–Crippen LogP) is 3.29. The molecule has 0 aromatic heterocycles. The molecule has 0 bridgehead atoms. The van der Waals surface area contributed by atoms with E-state index in [1.165, 1.54) is 12.1 Å². The van der Waals surface area contributed by atoms with Gasteiger partial charge in [-0.1, -0.05) is 17.7 Å². The zero-order valence-electron chi connectivity index (χ0n) is 8.94. The maximum Gasteiger partial charge on any atom is 0.416 e. The minimum atomic E-state index is -4.29. The zero-order valence-corrected chi connectivity index (χ0v) is 8.94. The van der Waals surface area contributed by atoms with Crippen molar-refractivity contribution >= 4 is 0 Å². The Balaban J connectivity index is 3.27. The number of aryl methyl sites for hydroxylation is 1. The van der Waals surface area contributed by atoms with Crippen LogP contribution in [0, 0.1) is 6.92 Å². The Kier molecular flexibility index (Phi) is 3.39. The average molecular weight is 217 g/mol. The van der Waals surface area contributed by atoms with Gasteiger partial charge in [0.1, 0.15) is 0 Å². The quantitative estimate of drug-likeness (QED) is 0.801. The number of alkyl halides is 3. The number of hydrogen-bond donors (Lipinski definition) is 1. The van der Waals surface area contributed by atoms with Gasteiger partial charge >= 0.3 is 6.18 Å². The largest absolute Gasteiger partial charge is 0.416 e. The third-order valence-electron chi connectivity index (χ3n) is 2.41. The maximum atomic E-state index is 12.7. The number of rotatable bonds is 2. The number of nitrogens with one attached hydrogen (secondary N) is 1. The fourth-order valence-corrected chi connectivity index (χ4v) is 1.45. The van der Waals surface area contributed by atoms with Gasteiger partial charge in [0.15, 0.2) is 0 Å². The van der Waals surface area contributed by atoms with Crippen molar-refractivity contribution in [1.29, 1.82) is 0 Å². The highest BCUT2D eigenvalue weighted by Gasteiger charge is 2.34. The minimum absolute atomic E-state index is 0.288. The normalized spacial score (nSPS) is 14.0. The van der Waals surface area contributed by atoms with Crippen LogP contribution in [0.3, 0.4) is 0 Å². The third-order valence-corrected chi connectivity index (χ3v) is 2.41. The van der Waals surface area contributed by atoms with Crippen LogP contribution >= 0.6 is 0 Å². The van der Waals surface area contributed by atoms with E-state index in [4.69, 9.17) is 0 Å². The molecule has 0 saturated heterocycles. The summed E-state index contributed by atoms with van der Waals surface area (Å²) in [7, 11) is 1.64. The minimum Gasteiger partial charge on any atom is -0.313 e. The fourth-order valence-electron chi connectivity index (χ4n) is 1.45. The van der Waals surface area contributed by atoms with Crippen molar-refractivity contribution in [3.8, 4) is 0 Å². The van der Waals surface area contributed by atoms with Crippen LogP contribution in [0.2, 0.25) is 0 Å². The summed E-state index contributed by atoms with van der Waals surface area (Å²) in [5.41, 5.74) is 0.356. The van der Waals surface area contributed by atoms with Crippen molar-refractivity contribution in [2.45, 2.75) is 26.1 Å². The first kappa shape index (κ1) is 12.0. The molecule has 0 radical (unpaired) electrons. The molecule has 4 heteroatoms. The summed E-state index contributed by atoms with van der Waals surface area (Å²) in [6.07, 6.45) is -4.29. The topological polar surface area (TPSA) is 12.0 Å². The monoisotopic (exact) mass is 217 g/mol. The number of halogens is 3. The second-order valence-electron chi connectivity index (χ2n) is 3.60. The molecule has 0 aliphatic heterocycles. The lowest BCUT2D eigenvalue weighted by Crippen LogP contribution is -2.18. The van der Waals surface area contributed by atoms with E-state index in [2.05, 4.69) is 5.32 Å². The van der Waals surface area contributed by atoms with Crippen LogP contribution in [0.4, 0.5) is 13.2 Å². The van der Waals surface area contributed by atoms with Crippen molar-refractivity contribution in [3.05, 3.63) is 34.9 Å². The van der Waals surface area contributed by atoms with Crippen LogP contribution in [0.15, 0.2) is 18.2 Å². The van der Waals surface area contributed by atoms with Crippen molar-refractivity contribution in [2.75, 3.05) is 7.05 Å². The summed E-state index contributed by atoms with van der Waals surface area (Å²) in [5.74, 6) is 0. The maximum absolute atomic E-state index is 12.7. The predicted molar refractivity (Wildman–Crippen MR) is 53.7 cm³/mol. The second kappa shape index (κ2) is 4.23. The Hall–Kier alpha value is -1.03. The van der Waals surface area contributed by atoms with Gasteiger partial charge in [0.25, 0.3) is 0 Å². The molecule has 0 aliphatic rings. The van der Waals surface area contributed by atoms with Crippen molar-refractivity contribution in [1.82, 2.24) is 5.32 Å². The first-order valence-electron chi connectivity index (χ1n) is 4.71. The smallest absolute Gasteiger partial charge is 0.313 e. The molecule has 0 saturated carbocycles. The lowest BCUT2D eigenvalue weighted by atomic mass is 9.99. The van der Waals surface area contributed by atoms with Crippen LogP contribution in [-0.2, 0) is 6.18 Å². The Morgan fingerprint density at radius 1 is 1.27 bits per heavy atom. The molecule has 0 amide bonds. The molecule has 1 N–H and O–H groups in total. The molecule has 1 rings (SSSR count). The van der Waals surface area contributed by atoms with Gasteiger partial charge < -0.3 is 5.32 Å². The standard InChI is InChI=1S/C11H14F3N/c1-7-4-5-9(8(2)15-3)10(6-7)11(12,13)14/h4-6,8,15H,1-3H3. The molecule has 0 spiro atoms. The molecule has 1 aromatic carbocycles. The van der Waals surface area contributed by atoms with Crippen LogP contribution in [0.1, 0.15) is 29.7 Å². The van der Waals surface area contributed by atoms with E-state index < -0.39 is 11.7 Å².